The molecule has 0 bridgehead atoms. The van der Waals surface area contributed by atoms with Crippen molar-refractivity contribution in [2.24, 2.45) is 5.92 Å². The van der Waals surface area contributed by atoms with E-state index in [4.69, 9.17) is 10.2 Å². The topological polar surface area (TPSA) is 93.1 Å². The van der Waals surface area contributed by atoms with E-state index in [1.807, 2.05) is 13.8 Å². The molecule has 1 heterocycles. The number of carboxylic acid groups (broad SMARTS) is 1. The number of rotatable bonds is 6. The summed E-state index contributed by atoms with van der Waals surface area (Å²) in [6.07, 6.45) is 0.422. The molecule has 0 aromatic carbocycles. The number of nitrogens with one attached hydrogen (secondary N) is 1. The SMILES string of the molecule is CC(C)C[C@@H](NC(=O)N1CCN(CCO)CC1)C(=O)O. The van der Waals surface area contributed by atoms with Gasteiger partial charge in [-0.25, -0.2) is 9.59 Å². The van der Waals surface area contributed by atoms with Gasteiger partial charge in [0.2, 0.25) is 0 Å². The number of piperazine rings is 1. The van der Waals surface area contributed by atoms with Crippen molar-refractivity contribution in [2.45, 2.75) is 26.3 Å². The molecule has 0 spiro atoms. The number of urea groups is 1. The van der Waals surface area contributed by atoms with E-state index < -0.39 is 12.0 Å². The van der Waals surface area contributed by atoms with Crippen LogP contribution in [0.4, 0.5) is 4.79 Å². The number of aliphatic hydroxyl groups is 1. The highest BCUT2D eigenvalue weighted by molar-refractivity contribution is 5.82. The van der Waals surface area contributed by atoms with Crippen LogP contribution < -0.4 is 5.32 Å². The van der Waals surface area contributed by atoms with Gasteiger partial charge in [0, 0.05) is 32.7 Å². The third kappa shape index (κ3) is 5.34. The van der Waals surface area contributed by atoms with Crippen LogP contribution in [-0.2, 0) is 4.79 Å². The van der Waals surface area contributed by atoms with Crippen LogP contribution in [0, 0.1) is 5.92 Å². The first kappa shape index (κ1) is 16.7. The Morgan fingerprint density at radius 3 is 2.25 bits per heavy atom. The minimum atomic E-state index is -0.994. The van der Waals surface area contributed by atoms with Gasteiger partial charge in [0.25, 0.3) is 0 Å². The lowest BCUT2D eigenvalue weighted by Crippen LogP contribution is -2.55. The Kier molecular flexibility index (Phi) is 6.74. The molecule has 0 unspecified atom stereocenters. The molecule has 0 aromatic rings. The molecule has 0 aliphatic carbocycles. The largest absolute Gasteiger partial charge is 0.480 e. The highest BCUT2D eigenvalue weighted by Gasteiger charge is 2.26. The molecule has 1 fully saturated rings. The Bertz CT molecular complexity index is 328. The Balaban J connectivity index is 2.43. The lowest BCUT2D eigenvalue weighted by Gasteiger charge is -2.35. The van der Waals surface area contributed by atoms with Gasteiger partial charge in [-0.2, -0.15) is 0 Å². The molecular weight excluding hydrogens is 262 g/mol. The van der Waals surface area contributed by atoms with Crippen molar-refractivity contribution in [3.63, 3.8) is 0 Å². The molecule has 1 atom stereocenters. The summed E-state index contributed by atoms with van der Waals surface area (Å²) in [5, 5.41) is 20.6. The number of carbonyl (C=O) groups is 2. The van der Waals surface area contributed by atoms with E-state index in [-0.39, 0.29) is 18.6 Å². The number of carbonyl (C=O) groups excluding carboxylic acids is 1. The van der Waals surface area contributed by atoms with Gasteiger partial charge in [0.05, 0.1) is 6.61 Å². The zero-order valence-corrected chi connectivity index (χ0v) is 12.2. The molecule has 1 saturated heterocycles. The minimum Gasteiger partial charge on any atom is -0.480 e. The van der Waals surface area contributed by atoms with Crippen LogP contribution in [0.3, 0.4) is 0 Å². The smallest absolute Gasteiger partial charge is 0.326 e. The van der Waals surface area contributed by atoms with E-state index >= 15 is 0 Å². The van der Waals surface area contributed by atoms with Gasteiger partial charge in [-0.3, -0.25) is 4.90 Å². The monoisotopic (exact) mass is 287 g/mol. The van der Waals surface area contributed by atoms with Crippen LogP contribution in [0.25, 0.3) is 0 Å². The van der Waals surface area contributed by atoms with Crippen molar-refractivity contribution in [1.82, 2.24) is 15.1 Å². The normalized spacial score (nSPS) is 18.1. The summed E-state index contributed by atoms with van der Waals surface area (Å²) in [7, 11) is 0. The second kappa shape index (κ2) is 8.06. The molecule has 0 saturated carbocycles. The molecule has 3 N–H and O–H groups in total. The number of aliphatic hydroxyl groups excluding tert-OH is 1. The number of aliphatic carboxylic acids is 1. The lowest BCUT2D eigenvalue weighted by atomic mass is 10.0. The fourth-order valence-corrected chi connectivity index (χ4v) is 2.25. The summed E-state index contributed by atoms with van der Waals surface area (Å²) < 4.78 is 0. The second-order valence-electron chi connectivity index (χ2n) is 5.52. The fraction of sp³-hybridized carbons (Fsp3) is 0.846. The van der Waals surface area contributed by atoms with Crippen LogP contribution >= 0.6 is 0 Å². The quantitative estimate of drug-likeness (QED) is 0.629. The molecule has 7 nitrogen and oxygen atoms in total. The molecule has 0 radical (unpaired) electrons. The first-order valence-electron chi connectivity index (χ1n) is 7.05. The van der Waals surface area contributed by atoms with Crippen molar-refractivity contribution in [3.05, 3.63) is 0 Å². The molecule has 1 rings (SSSR count). The maximum atomic E-state index is 12.0. The van der Waals surface area contributed by atoms with Crippen LogP contribution in [-0.4, -0.2) is 77.4 Å². The molecular formula is C13H25N3O4. The van der Waals surface area contributed by atoms with Gasteiger partial charge in [-0.1, -0.05) is 13.8 Å². The molecule has 1 aliphatic heterocycles. The van der Waals surface area contributed by atoms with Crippen LogP contribution in [0.5, 0.6) is 0 Å². The van der Waals surface area contributed by atoms with Crippen molar-refractivity contribution in [3.8, 4) is 0 Å². The molecule has 2 amide bonds. The Hall–Kier alpha value is -1.34. The number of nitrogens with zero attached hydrogens (tertiary/aromatic N) is 2. The summed E-state index contributed by atoms with van der Waals surface area (Å²) in [4.78, 5) is 26.9. The standard InChI is InChI=1S/C13H25N3O4/c1-10(2)9-11(12(18)19)14-13(20)16-5-3-15(4-6-16)7-8-17/h10-11,17H,3-9H2,1-2H3,(H,14,20)(H,18,19)/t11-/m1/s1. The van der Waals surface area contributed by atoms with E-state index in [0.29, 0.717) is 39.1 Å². The van der Waals surface area contributed by atoms with Crippen molar-refractivity contribution in [1.29, 1.82) is 0 Å². The lowest BCUT2D eigenvalue weighted by molar-refractivity contribution is -0.139. The second-order valence-corrected chi connectivity index (χ2v) is 5.52. The average molecular weight is 287 g/mol. The van der Waals surface area contributed by atoms with Gasteiger partial charge in [-0.15, -0.1) is 0 Å². The van der Waals surface area contributed by atoms with E-state index in [1.165, 1.54) is 0 Å². The van der Waals surface area contributed by atoms with E-state index in [1.54, 1.807) is 4.90 Å². The van der Waals surface area contributed by atoms with E-state index in [0.717, 1.165) is 0 Å². The zero-order chi connectivity index (χ0) is 15.1. The van der Waals surface area contributed by atoms with Gasteiger partial charge >= 0.3 is 12.0 Å². The summed E-state index contributed by atoms with van der Waals surface area (Å²) in [5.74, 6) is -0.788. The van der Waals surface area contributed by atoms with Crippen LogP contribution in [0.15, 0.2) is 0 Å². The number of carboxylic acids is 1. The molecule has 20 heavy (non-hydrogen) atoms. The molecule has 0 aromatic heterocycles. The van der Waals surface area contributed by atoms with Crippen molar-refractivity contribution >= 4 is 12.0 Å². The Labute approximate surface area is 119 Å². The zero-order valence-electron chi connectivity index (χ0n) is 12.2. The van der Waals surface area contributed by atoms with Gasteiger partial charge in [0.15, 0.2) is 0 Å². The molecule has 7 heteroatoms. The predicted molar refractivity (Wildman–Crippen MR) is 74.5 cm³/mol. The first-order valence-corrected chi connectivity index (χ1v) is 7.05. The van der Waals surface area contributed by atoms with E-state index in [9.17, 15) is 9.59 Å². The Morgan fingerprint density at radius 2 is 1.80 bits per heavy atom. The molecule has 1 aliphatic rings. The third-order valence-electron chi connectivity index (χ3n) is 3.38. The van der Waals surface area contributed by atoms with Crippen molar-refractivity contribution in [2.75, 3.05) is 39.3 Å². The van der Waals surface area contributed by atoms with Gasteiger partial charge in [0.1, 0.15) is 6.04 Å². The molecule has 116 valence electrons. The summed E-state index contributed by atoms with van der Waals surface area (Å²) in [6, 6.07) is -1.15. The van der Waals surface area contributed by atoms with Gasteiger partial charge in [-0.05, 0) is 12.3 Å². The van der Waals surface area contributed by atoms with Crippen LogP contribution in [0.2, 0.25) is 0 Å². The van der Waals surface area contributed by atoms with Gasteiger partial charge < -0.3 is 20.4 Å². The first-order chi connectivity index (χ1) is 9.43. The number of β-amino-alcohol motifs (C(OH)–C–C–N with tert-alkyl or cyclic N) is 1. The summed E-state index contributed by atoms with van der Waals surface area (Å²) in [6.45, 7) is 7.10. The predicted octanol–water partition coefficient (Wildman–Crippen LogP) is -0.195. The highest BCUT2D eigenvalue weighted by Crippen LogP contribution is 2.07. The maximum Gasteiger partial charge on any atom is 0.326 e. The maximum absolute atomic E-state index is 12.0. The minimum absolute atomic E-state index is 0.113. The average Bonchev–Trinajstić information content (AvgIpc) is 2.38. The summed E-state index contributed by atoms with van der Waals surface area (Å²) >= 11 is 0. The summed E-state index contributed by atoms with van der Waals surface area (Å²) in [5.41, 5.74) is 0. The number of amides is 2. The highest BCUT2D eigenvalue weighted by atomic mass is 16.4. The Morgan fingerprint density at radius 1 is 1.20 bits per heavy atom. The number of hydrogen-bond donors (Lipinski definition) is 3. The van der Waals surface area contributed by atoms with Crippen molar-refractivity contribution < 1.29 is 19.8 Å². The number of hydrogen-bond acceptors (Lipinski definition) is 4. The fourth-order valence-electron chi connectivity index (χ4n) is 2.25. The van der Waals surface area contributed by atoms with E-state index in [2.05, 4.69) is 10.2 Å². The third-order valence-corrected chi connectivity index (χ3v) is 3.38. The van der Waals surface area contributed by atoms with Crippen LogP contribution in [0.1, 0.15) is 20.3 Å².